The molecule has 0 radical (unpaired) electrons. The van der Waals surface area contributed by atoms with Crippen molar-refractivity contribution in [2.45, 2.75) is 24.8 Å². The predicted molar refractivity (Wildman–Crippen MR) is 77.3 cm³/mol. The van der Waals surface area contributed by atoms with E-state index in [9.17, 15) is 8.78 Å². The monoisotopic (exact) mass is 289 g/mol. The first kappa shape index (κ1) is 14.0. The molecule has 1 aliphatic heterocycles. The Hall–Kier alpha value is -1.94. The van der Waals surface area contributed by atoms with Crippen LogP contribution in [0.15, 0.2) is 42.5 Å². The van der Waals surface area contributed by atoms with Gasteiger partial charge in [-0.2, -0.15) is 0 Å². The van der Waals surface area contributed by atoms with Crippen molar-refractivity contribution < 1.29 is 13.5 Å². The van der Waals surface area contributed by atoms with E-state index in [0.29, 0.717) is 18.6 Å². The molecule has 0 spiro atoms. The van der Waals surface area contributed by atoms with Gasteiger partial charge in [-0.1, -0.05) is 18.2 Å². The second-order valence-electron chi connectivity index (χ2n) is 5.39. The molecule has 1 heterocycles. The second kappa shape index (κ2) is 5.82. The van der Waals surface area contributed by atoms with Crippen LogP contribution in [0.2, 0.25) is 0 Å². The zero-order valence-electron chi connectivity index (χ0n) is 11.6. The van der Waals surface area contributed by atoms with Gasteiger partial charge in [-0.25, -0.2) is 8.78 Å². The van der Waals surface area contributed by atoms with Crippen LogP contribution in [0.4, 0.5) is 8.78 Å². The maximum atomic E-state index is 13.7. The Morgan fingerprint density at radius 3 is 2.86 bits per heavy atom. The first-order valence-corrected chi connectivity index (χ1v) is 7.06. The lowest BCUT2D eigenvalue weighted by Gasteiger charge is -2.30. The normalized spacial score (nSPS) is 18.7. The summed E-state index contributed by atoms with van der Waals surface area (Å²) in [6.07, 6.45) is 1.09. The van der Waals surface area contributed by atoms with Gasteiger partial charge >= 0.3 is 0 Å². The summed E-state index contributed by atoms with van der Waals surface area (Å²) in [5, 5.41) is 0. The molecule has 0 bridgehead atoms. The molecule has 21 heavy (non-hydrogen) atoms. The van der Waals surface area contributed by atoms with E-state index < -0.39 is 11.6 Å². The van der Waals surface area contributed by atoms with Crippen LogP contribution in [0.25, 0.3) is 0 Å². The van der Waals surface area contributed by atoms with Crippen LogP contribution in [0, 0.1) is 11.6 Å². The van der Waals surface area contributed by atoms with Crippen LogP contribution in [-0.4, -0.2) is 12.6 Å². The highest BCUT2D eigenvalue weighted by molar-refractivity contribution is 5.39. The molecule has 2 N–H and O–H groups in total. The Labute approximate surface area is 122 Å². The number of benzene rings is 2. The minimum Gasteiger partial charge on any atom is -0.493 e. The van der Waals surface area contributed by atoms with Gasteiger partial charge in [0.2, 0.25) is 0 Å². The van der Waals surface area contributed by atoms with E-state index in [4.69, 9.17) is 10.5 Å². The van der Waals surface area contributed by atoms with E-state index in [1.807, 2.05) is 24.3 Å². The third-order valence-electron chi connectivity index (χ3n) is 3.99. The van der Waals surface area contributed by atoms with Crippen LogP contribution < -0.4 is 10.5 Å². The number of hydrogen-bond acceptors (Lipinski definition) is 2. The highest BCUT2D eigenvalue weighted by atomic mass is 19.1. The average Bonchev–Trinajstić information content (AvgIpc) is 2.50. The lowest BCUT2D eigenvalue weighted by Crippen LogP contribution is -2.34. The molecule has 2 nitrogen and oxygen atoms in total. The van der Waals surface area contributed by atoms with Gasteiger partial charge in [0.05, 0.1) is 6.61 Å². The number of rotatable bonds is 3. The van der Waals surface area contributed by atoms with E-state index in [-0.39, 0.29) is 12.0 Å². The third kappa shape index (κ3) is 2.90. The van der Waals surface area contributed by atoms with Crippen molar-refractivity contribution in [1.82, 2.24) is 0 Å². The van der Waals surface area contributed by atoms with E-state index in [0.717, 1.165) is 29.9 Å². The Morgan fingerprint density at radius 2 is 2.00 bits per heavy atom. The van der Waals surface area contributed by atoms with Crippen molar-refractivity contribution in [3.8, 4) is 5.75 Å². The first-order valence-electron chi connectivity index (χ1n) is 7.06. The predicted octanol–water partition coefficient (Wildman–Crippen LogP) is 3.40. The summed E-state index contributed by atoms with van der Waals surface area (Å²) in [6, 6.07) is 11.0. The number of hydrogen-bond donors (Lipinski definition) is 1. The minimum absolute atomic E-state index is 0.0950. The summed E-state index contributed by atoms with van der Waals surface area (Å²) in [7, 11) is 0. The number of ether oxygens (including phenoxy) is 1. The zero-order valence-corrected chi connectivity index (χ0v) is 11.6. The molecule has 3 rings (SSSR count). The maximum absolute atomic E-state index is 13.7. The molecular formula is C17H17F2NO. The summed E-state index contributed by atoms with van der Waals surface area (Å²) in [5.41, 5.74) is 7.64. The van der Waals surface area contributed by atoms with Crippen LogP contribution in [0.1, 0.15) is 23.5 Å². The van der Waals surface area contributed by atoms with Crippen molar-refractivity contribution in [2.24, 2.45) is 5.73 Å². The summed E-state index contributed by atoms with van der Waals surface area (Å²) in [5.74, 6) is 0.0831. The fourth-order valence-electron chi connectivity index (χ4n) is 2.91. The van der Waals surface area contributed by atoms with Gasteiger partial charge in [0.15, 0.2) is 0 Å². The van der Waals surface area contributed by atoms with E-state index in [2.05, 4.69) is 0 Å². The largest absolute Gasteiger partial charge is 0.493 e. The Bertz CT molecular complexity index is 644. The molecule has 4 heteroatoms. The van der Waals surface area contributed by atoms with Gasteiger partial charge in [0, 0.05) is 12.0 Å². The molecule has 0 aliphatic carbocycles. The van der Waals surface area contributed by atoms with Gasteiger partial charge in [-0.05, 0) is 48.2 Å². The number of fused-ring (bicyclic) bond motifs is 1. The molecule has 110 valence electrons. The lowest BCUT2D eigenvalue weighted by atomic mass is 9.84. The van der Waals surface area contributed by atoms with E-state index in [1.165, 1.54) is 6.07 Å². The number of halogens is 2. The quantitative estimate of drug-likeness (QED) is 0.940. The van der Waals surface area contributed by atoms with Crippen LogP contribution in [-0.2, 0) is 6.42 Å². The summed E-state index contributed by atoms with van der Waals surface area (Å²) in [6.45, 7) is 0.598. The molecule has 2 aromatic carbocycles. The highest BCUT2D eigenvalue weighted by Crippen LogP contribution is 2.35. The molecule has 0 amide bonds. The van der Waals surface area contributed by atoms with Crippen molar-refractivity contribution >= 4 is 0 Å². The lowest BCUT2D eigenvalue weighted by molar-refractivity contribution is 0.254. The molecule has 0 saturated heterocycles. The SMILES string of the molecule is NC(Cc1cc(F)ccc1F)C1CCOc2ccccc21. The summed E-state index contributed by atoms with van der Waals surface area (Å²) in [4.78, 5) is 0. The van der Waals surface area contributed by atoms with Crippen LogP contribution in [0.3, 0.4) is 0 Å². The van der Waals surface area contributed by atoms with Crippen LogP contribution in [0.5, 0.6) is 5.75 Å². The fourth-order valence-corrected chi connectivity index (χ4v) is 2.91. The molecule has 2 unspecified atom stereocenters. The molecule has 1 aliphatic rings. The van der Waals surface area contributed by atoms with Gasteiger partial charge < -0.3 is 10.5 Å². The van der Waals surface area contributed by atoms with Crippen molar-refractivity contribution in [2.75, 3.05) is 6.61 Å². The Balaban J connectivity index is 1.83. The third-order valence-corrected chi connectivity index (χ3v) is 3.99. The molecule has 2 aromatic rings. The summed E-state index contributed by atoms with van der Waals surface area (Å²) < 4.78 is 32.6. The molecule has 0 saturated carbocycles. The van der Waals surface area contributed by atoms with E-state index >= 15 is 0 Å². The topological polar surface area (TPSA) is 35.2 Å². The van der Waals surface area contributed by atoms with Crippen molar-refractivity contribution in [1.29, 1.82) is 0 Å². The van der Waals surface area contributed by atoms with Crippen molar-refractivity contribution in [3.05, 3.63) is 65.2 Å². The van der Waals surface area contributed by atoms with Gasteiger partial charge in [0.25, 0.3) is 0 Å². The summed E-state index contributed by atoms with van der Waals surface area (Å²) >= 11 is 0. The van der Waals surface area contributed by atoms with Crippen molar-refractivity contribution in [3.63, 3.8) is 0 Å². The smallest absolute Gasteiger partial charge is 0.126 e. The average molecular weight is 289 g/mol. The zero-order chi connectivity index (χ0) is 14.8. The van der Waals surface area contributed by atoms with Crippen LogP contribution >= 0.6 is 0 Å². The Morgan fingerprint density at radius 1 is 1.19 bits per heavy atom. The second-order valence-corrected chi connectivity index (χ2v) is 5.39. The molecule has 0 aromatic heterocycles. The first-order chi connectivity index (χ1) is 10.1. The minimum atomic E-state index is -0.439. The van der Waals surface area contributed by atoms with Gasteiger partial charge in [-0.3, -0.25) is 0 Å². The number of para-hydroxylation sites is 1. The standard InChI is InChI=1S/C17H17F2NO/c18-12-5-6-15(19)11(9-12)10-16(20)13-7-8-21-17-4-2-1-3-14(13)17/h1-6,9,13,16H,7-8,10,20H2. The molecule has 2 atom stereocenters. The number of nitrogens with two attached hydrogens (primary N) is 1. The maximum Gasteiger partial charge on any atom is 0.126 e. The fraction of sp³-hybridized carbons (Fsp3) is 0.294. The van der Waals surface area contributed by atoms with Gasteiger partial charge in [0.1, 0.15) is 17.4 Å². The molecule has 0 fully saturated rings. The molecular weight excluding hydrogens is 272 g/mol. The Kier molecular flexibility index (Phi) is 3.88. The highest BCUT2D eigenvalue weighted by Gasteiger charge is 2.27. The van der Waals surface area contributed by atoms with Gasteiger partial charge in [-0.15, -0.1) is 0 Å². The van der Waals surface area contributed by atoms with E-state index in [1.54, 1.807) is 0 Å².